The Bertz CT molecular complexity index is 1260. The van der Waals surface area contributed by atoms with Crippen LogP contribution in [-0.2, 0) is 4.74 Å². The van der Waals surface area contributed by atoms with Crippen molar-refractivity contribution in [3.05, 3.63) is 41.5 Å². The maximum absolute atomic E-state index is 14.9. The predicted octanol–water partition coefficient (Wildman–Crippen LogP) is 3.82. The van der Waals surface area contributed by atoms with Gasteiger partial charge in [0.1, 0.15) is 5.52 Å². The zero-order valence-electron chi connectivity index (χ0n) is 18.6. The summed E-state index contributed by atoms with van der Waals surface area (Å²) in [6, 6.07) is 5.77. The van der Waals surface area contributed by atoms with Crippen molar-refractivity contribution in [3.63, 3.8) is 0 Å². The van der Waals surface area contributed by atoms with Gasteiger partial charge in [0.05, 0.1) is 24.2 Å². The van der Waals surface area contributed by atoms with Crippen molar-refractivity contribution in [1.29, 1.82) is 0 Å². The number of halogens is 1. The van der Waals surface area contributed by atoms with E-state index in [1.165, 1.54) is 6.07 Å². The van der Waals surface area contributed by atoms with Crippen LogP contribution in [-0.4, -0.2) is 63.9 Å². The van der Waals surface area contributed by atoms with E-state index in [9.17, 15) is 4.39 Å². The summed E-state index contributed by atoms with van der Waals surface area (Å²) in [7, 11) is 1.72. The fourth-order valence-corrected chi connectivity index (χ4v) is 4.28. The number of piperidine rings is 1. The second-order valence-corrected chi connectivity index (χ2v) is 8.44. The summed E-state index contributed by atoms with van der Waals surface area (Å²) in [5, 5.41) is 7.94. The van der Waals surface area contributed by atoms with Gasteiger partial charge < -0.3 is 19.4 Å². The maximum atomic E-state index is 14.9. The van der Waals surface area contributed by atoms with Crippen LogP contribution in [0.5, 0.6) is 0 Å². The summed E-state index contributed by atoms with van der Waals surface area (Å²) in [6.07, 6.45) is 3.81. The van der Waals surface area contributed by atoms with Crippen molar-refractivity contribution in [2.24, 2.45) is 0 Å². The number of ether oxygens (including phenoxy) is 1. The average Bonchev–Trinajstić information content (AvgIpc) is 3.36. The molecule has 4 aromatic rings. The van der Waals surface area contributed by atoms with Gasteiger partial charge in [0.25, 0.3) is 6.01 Å². The van der Waals surface area contributed by atoms with Crippen molar-refractivity contribution in [3.8, 4) is 11.3 Å². The van der Waals surface area contributed by atoms with Crippen molar-refractivity contribution >= 4 is 22.8 Å². The van der Waals surface area contributed by atoms with Crippen LogP contribution in [0.4, 0.5) is 10.4 Å². The first kappa shape index (κ1) is 20.8. The number of benzene rings is 1. The van der Waals surface area contributed by atoms with E-state index in [0.717, 1.165) is 56.0 Å². The number of anilines is 1. The summed E-state index contributed by atoms with van der Waals surface area (Å²) in [4.78, 5) is 11.2. The number of likely N-dealkylation sites (tertiary alicyclic amines) is 1. The largest absolute Gasteiger partial charge is 0.423 e. The lowest BCUT2D eigenvalue weighted by atomic mass is 10.1. The van der Waals surface area contributed by atoms with E-state index in [-0.39, 0.29) is 11.6 Å². The van der Waals surface area contributed by atoms with Gasteiger partial charge in [0.2, 0.25) is 0 Å². The van der Waals surface area contributed by atoms with Gasteiger partial charge in [-0.2, -0.15) is 10.1 Å². The summed E-state index contributed by atoms with van der Waals surface area (Å²) in [6.45, 7) is 7.55. The molecule has 0 bridgehead atoms. The Kier molecular flexibility index (Phi) is 5.52. The molecule has 1 N–H and O–H groups in total. The minimum atomic E-state index is -0.426. The summed E-state index contributed by atoms with van der Waals surface area (Å²) < 4.78 is 27.7. The number of rotatable bonds is 6. The van der Waals surface area contributed by atoms with Crippen molar-refractivity contribution < 1.29 is 13.5 Å². The Hall–Kier alpha value is -3.04. The number of nitrogens with zero attached hydrogens (tertiary/aromatic N) is 5. The first-order valence-electron chi connectivity index (χ1n) is 10.9. The summed E-state index contributed by atoms with van der Waals surface area (Å²) in [5.74, 6) is -0.426. The molecule has 3 aromatic heterocycles. The lowest BCUT2D eigenvalue weighted by molar-refractivity contribution is 0.132. The number of fused-ring (bicyclic) bond motifs is 2. The Morgan fingerprint density at radius 2 is 2.00 bits per heavy atom. The van der Waals surface area contributed by atoms with Gasteiger partial charge >= 0.3 is 0 Å². The Morgan fingerprint density at radius 1 is 1.19 bits per heavy atom. The van der Waals surface area contributed by atoms with Crippen LogP contribution in [0, 0.1) is 19.7 Å². The molecule has 0 radical (unpaired) electrons. The first-order chi connectivity index (χ1) is 15.5. The van der Waals surface area contributed by atoms with Crippen molar-refractivity contribution in [2.45, 2.75) is 32.7 Å². The molecule has 0 aliphatic carbocycles. The Labute approximate surface area is 185 Å². The highest BCUT2D eigenvalue weighted by molar-refractivity contribution is 5.81. The summed E-state index contributed by atoms with van der Waals surface area (Å²) in [5.41, 5.74) is 4.58. The molecule has 4 heterocycles. The monoisotopic (exact) mass is 438 g/mol. The van der Waals surface area contributed by atoms with E-state index in [2.05, 4.69) is 25.3 Å². The molecule has 8 nitrogen and oxygen atoms in total. The van der Waals surface area contributed by atoms with E-state index in [1.54, 1.807) is 17.7 Å². The SMILES string of the molecule is COCCN1CCC(Nc2nc3c(F)cc(-c4cc(C)c5nc(C)cn5n4)cc3o2)CC1. The molecule has 0 atom stereocenters. The summed E-state index contributed by atoms with van der Waals surface area (Å²) >= 11 is 0. The van der Waals surface area contributed by atoms with Gasteiger partial charge in [-0.1, -0.05) is 0 Å². The number of aromatic nitrogens is 4. The van der Waals surface area contributed by atoms with Gasteiger partial charge in [-0.05, 0) is 50.5 Å². The highest BCUT2D eigenvalue weighted by Crippen LogP contribution is 2.29. The van der Waals surface area contributed by atoms with Gasteiger partial charge in [-0.15, -0.1) is 0 Å². The predicted molar refractivity (Wildman–Crippen MR) is 120 cm³/mol. The zero-order chi connectivity index (χ0) is 22.2. The molecule has 1 aromatic carbocycles. The maximum Gasteiger partial charge on any atom is 0.296 e. The number of aryl methyl sites for hydroxylation is 2. The third-order valence-corrected chi connectivity index (χ3v) is 6.00. The van der Waals surface area contributed by atoms with E-state index in [1.807, 2.05) is 26.1 Å². The normalized spacial score (nSPS) is 15.8. The average molecular weight is 439 g/mol. The molecule has 0 unspecified atom stereocenters. The highest BCUT2D eigenvalue weighted by atomic mass is 19.1. The molecule has 9 heteroatoms. The minimum Gasteiger partial charge on any atom is -0.423 e. The van der Waals surface area contributed by atoms with Crippen molar-refractivity contribution in [2.75, 3.05) is 38.7 Å². The minimum absolute atomic E-state index is 0.227. The second kappa shape index (κ2) is 8.48. The molecule has 5 rings (SSSR count). The molecule has 168 valence electrons. The molecule has 0 amide bonds. The van der Waals surface area contributed by atoms with Crippen LogP contribution in [0.15, 0.2) is 28.8 Å². The number of oxazole rings is 1. The van der Waals surface area contributed by atoms with E-state index >= 15 is 0 Å². The van der Waals surface area contributed by atoms with E-state index in [0.29, 0.717) is 22.9 Å². The van der Waals surface area contributed by atoms with Gasteiger partial charge in [0, 0.05) is 38.3 Å². The molecule has 1 aliphatic rings. The zero-order valence-corrected chi connectivity index (χ0v) is 18.6. The number of hydrogen-bond acceptors (Lipinski definition) is 7. The molecule has 0 spiro atoms. The van der Waals surface area contributed by atoms with Crippen LogP contribution in [0.3, 0.4) is 0 Å². The first-order valence-corrected chi connectivity index (χ1v) is 10.9. The standard InChI is InChI=1S/C23H27FN6O2/c1-14-10-19(28-30-13-15(2)25-22(14)30)16-11-18(24)21-20(12-16)32-23(27-21)26-17-4-6-29(7-5-17)8-9-31-3/h10-13,17H,4-9H2,1-3H3,(H,26,27). The Morgan fingerprint density at radius 3 is 2.78 bits per heavy atom. The highest BCUT2D eigenvalue weighted by Gasteiger charge is 2.21. The quantitative estimate of drug-likeness (QED) is 0.490. The lowest BCUT2D eigenvalue weighted by Gasteiger charge is -2.31. The van der Waals surface area contributed by atoms with Gasteiger partial charge in [0.15, 0.2) is 17.0 Å². The van der Waals surface area contributed by atoms with Crippen LogP contribution < -0.4 is 5.32 Å². The molecule has 1 aliphatic heterocycles. The third kappa shape index (κ3) is 4.05. The lowest BCUT2D eigenvalue weighted by Crippen LogP contribution is -2.40. The molecule has 1 fully saturated rings. The fourth-order valence-electron chi connectivity index (χ4n) is 4.28. The number of hydrogen-bond donors (Lipinski definition) is 1. The number of imidazole rings is 1. The van der Waals surface area contributed by atoms with Crippen LogP contribution >= 0.6 is 0 Å². The molecular formula is C23H27FN6O2. The second-order valence-electron chi connectivity index (χ2n) is 8.44. The van der Waals surface area contributed by atoms with Gasteiger partial charge in [-0.25, -0.2) is 13.9 Å². The molecule has 1 saturated heterocycles. The van der Waals surface area contributed by atoms with Crippen LogP contribution in [0.25, 0.3) is 28.0 Å². The third-order valence-electron chi connectivity index (χ3n) is 6.00. The van der Waals surface area contributed by atoms with Crippen molar-refractivity contribution in [1.82, 2.24) is 24.5 Å². The smallest absolute Gasteiger partial charge is 0.296 e. The van der Waals surface area contributed by atoms with Crippen LogP contribution in [0.2, 0.25) is 0 Å². The molecule has 0 saturated carbocycles. The van der Waals surface area contributed by atoms with Crippen LogP contribution in [0.1, 0.15) is 24.1 Å². The van der Waals surface area contributed by atoms with Gasteiger partial charge in [-0.3, -0.25) is 0 Å². The molecular weight excluding hydrogens is 411 g/mol. The number of methoxy groups -OCH3 is 1. The molecule has 32 heavy (non-hydrogen) atoms. The number of nitrogens with one attached hydrogen (secondary N) is 1. The Balaban J connectivity index is 1.37. The topological polar surface area (TPSA) is 80.7 Å². The van der Waals surface area contributed by atoms with E-state index < -0.39 is 5.82 Å². The van der Waals surface area contributed by atoms with E-state index in [4.69, 9.17) is 9.15 Å². The fraction of sp³-hybridized carbons (Fsp3) is 0.435.